The van der Waals surface area contributed by atoms with E-state index in [4.69, 9.17) is 4.98 Å². The van der Waals surface area contributed by atoms with Crippen LogP contribution in [0.5, 0.6) is 0 Å². The second-order valence-electron chi connectivity index (χ2n) is 10.5. The van der Waals surface area contributed by atoms with E-state index in [9.17, 15) is 4.79 Å². The number of fused-ring (bicyclic) bond motifs is 2. The summed E-state index contributed by atoms with van der Waals surface area (Å²) >= 11 is 0. The second kappa shape index (κ2) is 9.40. The highest BCUT2D eigenvalue weighted by atomic mass is 16.1. The van der Waals surface area contributed by atoms with Gasteiger partial charge < -0.3 is 14.9 Å². The molecule has 0 spiro atoms. The maximum atomic E-state index is 12.8. The smallest absolute Gasteiger partial charge is 0.267 e. The topological polar surface area (TPSA) is 62.7 Å². The number of nitrogens with one attached hydrogen (secondary N) is 2. The molecule has 0 aliphatic carbocycles. The molecule has 6 rings (SSSR count). The average Bonchev–Trinajstić information content (AvgIpc) is 3.52. The van der Waals surface area contributed by atoms with Crippen molar-refractivity contribution in [3.05, 3.63) is 101 Å². The molecule has 37 heavy (non-hydrogen) atoms. The standard InChI is InChI=1S/C32H32N4O/c1-20-4-12-28-27(14-20)16-29(34-28)32(37)33-17-23-6-13-31-35-30(19-36(31)18-23)25-10-8-24(9-11-25)26-7-5-21(2)22(3)15-26/h4-5,7-12,14-16,19,23,34H,6,13,17-18H2,1-3H3,(H,33,37). The molecule has 5 aromatic rings. The van der Waals surface area contributed by atoms with Gasteiger partial charge in [0.2, 0.25) is 0 Å². The van der Waals surface area contributed by atoms with Gasteiger partial charge in [0.1, 0.15) is 11.5 Å². The van der Waals surface area contributed by atoms with Gasteiger partial charge in [-0.05, 0) is 73.6 Å². The molecular formula is C32H32N4O. The van der Waals surface area contributed by atoms with Crippen LogP contribution in [0.15, 0.2) is 72.9 Å². The number of amides is 1. The van der Waals surface area contributed by atoms with Crippen LogP contribution >= 0.6 is 0 Å². The van der Waals surface area contributed by atoms with E-state index in [1.54, 1.807) is 0 Å². The van der Waals surface area contributed by atoms with Crippen LogP contribution in [-0.2, 0) is 13.0 Å². The number of H-pyrrole nitrogens is 1. The SMILES string of the molecule is Cc1ccc2[nH]c(C(=O)NCC3CCc4nc(-c5ccc(-c6ccc(C)c(C)c6)cc5)cn4C3)cc2c1. The normalized spacial score (nSPS) is 15.1. The van der Waals surface area contributed by atoms with E-state index in [0.717, 1.165) is 47.4 Å². The van der Waals surface area contributed by atoms with Gasteiger partial charge in [-0.3, -0.25) is 4.79 Å². The minimum Gasteiger partial charge on any atom is -0.351 e. The van der Waals surface area contributed by atoms with E-state index in [1.807, 2.05) is 12.1 Å². The fraction of sp³-hybridized carbons (Fsp3) is 0.250. The Morgan fingerprint density at radius 3 is 2.54 bits per heavy atom. The third kappa shape index (κ3) is 4.69. The Bertz CT molecular complexity index is 1610. The van der Waals surface area contributed by atoms with Gasteiger partial charge in [-0.2, -0.15) is 0 Å². The fourth-order valence-electron chi connectivity index (χ4n) is 5.28. The monoisotopic (exact) mass is 488 g/mol. The van der Waals surface area contributed by atoms with Crippen LogP contribution in [-0.4, -0.2) is 27.0 Å². The van der Waals surface area contributed by atoms with Crippen LogP contribution in [0.1, 0.15) is 39.4 Å². The van der Waals surface area contributed by atoms with E-state index in [1.165, 1.54) is 27.8 Å². The van der Waals surface area contributed by atoms with Crippen LogP contribution in [0, 0.1) is 26.7 Å². The molecule has 0 radical (unpaired) electrons. The molecule has 1 unspecified atom stereocenters. The van der Waals surface area contributed by atoms with Crippen molar-refractivity contribution in [1.29, 1.82) is 0 Å². The number of aromatic amines is 1. The summed E-state index contributed by atoms with van der Waals surface area (Å²) in [4.78, 5) is 20.9. The van der Waals surface area contributed by atoms with Crippen molar-refractivity contribution in [1.82, 2.24) is 19.9 Å². The summed E-state index contributed by atoms with van der Waals surface area (Å²) in [6.45, 7) is 7.89. The third-order valence-electron chi connectivity index (χ3n) is 7.68. The van der Waals surface area contributed by atoms with E-state index in [0.29, 0.717) is 18.2 Å². The molecule has 3 aromatic carbocycles. The lowest BCUT2D eigenvalue weighted by molar-refractivity contribution is 0.0939. The zero-order chi connectivity index (χ0) is 25.5. The average molecular weight is 489 g/mol. The molecule has 5 heteroatoms. The first-order chi connectivity index (χ1) is 17.9. The van der Waals surface area contributed by atoms with Crippen LogP contribution in [0.2, 0.25) is 0 Å². The summed E-state index contributed by atoms with van der Waals surface area (Å²) in [6, 6.07) is 23.4. The highest BCUT2D eigenvalue weighted by Crippen LogP contribution is 2.28. The number of aryl methyl sites for hydroxylation is 4. The lowest BCUT2D eigenvalue weighted by Gasteiger charge is -2.23. The summed E-state index contributed by atoms with van der Waals surface area (Å²) < 4.78 is 2.26. The Labute approximate surface area is 217 Å². The minimum atomic E-state index is -0.0465. The predicted octanol–water partition coefficient (Wildman–Crippen LogP) is 6.62. The van der Waals surface area contributed by atoms with Gasteiger partial charge in [0.15, 0.2) is 0 Å². The Balaban J connectivity index is 1.10. The molecule has 1 aliphatic rings. The summed E-state index contributed by atoms with van der Waals surface area (Å²) in [5.74, 6) is 1.47. The first-order valence-corrected chi connectivity index (χ1v) is 13.0. The van der Waals surface area contributed by atoms with Gasteiger partial charge in [-0.25, -0.2) is 4.98 Å². The molecule has 0 saturated heterocycles. The van der Waals surface area contributed by atoms with Crippen molar-refractivity contribution in [2.45, 2.75) is 40.2 Å². The quantitative estimate of drug-likeness (QED) is 0.292. The van der Waals surface area contributed by atoms with Gasteiger partial charge in [0.05, 0.1) is 5.69 Å². The number of nitrogens with zero attached hydrogens (tertiary/aromatic N) is 2. The number of imidazole rings is 1. The number of aromatic nitrogens is 3. The van der Waals surface area contributed by atoms with Gasteiger partial charge >= 0.3 is 0 Å². The highest BCUT2D eigenvalue weighted by molar-refractivity contribution is 5.98. The maximum Gasteiger partial charge on any atom is 0.267 e. The second-order valence-corrected chi connectivity index (χ2v) is 10.5. The van der Waals surface area contributed by atoms with E-state index in [2.05, 4.69) is 96.4 Å². The van der Waals surface area contributed by atoms with Crippen molar-refractivity contribution in [2.75, 3.05) is 6.54 Å². The molecule has 0 fully saturated rings. The minimum absolute atomic E-state index is 0.0465. The van der Waals surface area contributed by atoms with Gasteiger partial charge in [-0.15, -0.1) is 0 Å². The zero-order valence-electron chi connectivity index (χ0n) is 21.6. The number of rotatable bonds is 5. The third-order valence-corrected chi connectivity index (χ3v) is 7.68. The molecule has 1 atom stereocenters. The Morgan fingerprint density at radius 2 is 1.73 bits per heavy atom. The molecule has 5 nitrogen and oxygen atoms in total. The molecule has 3 heterocycles. The summed E-state index contributed by atoms with van der Waals surface area (Å²) in [5, 5.41) is 4.21. The van der Waals surface area contributed by atoms with Gasteiger partial charge in [0.25, 0.3) is 5.91 Å². The number of carbonyl (C=O) groups is 1. The molecule has 1 amide bonds. The number of carbonyl (C=O) groups excluding carboxylic acids is 1. The van der Waals surface area contributed by atoms with Crippen molar-refractivity contribution >= 4 is 16.8 Å². The molecular weight excluding hydrogens is 456 g/mol. The molecule has 0 saturated carbocycles. The van der Waals surface area contributed by atoms with Crippen LogP contribution < -0.4 is 5.32 Å². The summed E-state index contributed by atoms with van der Waals surface area (Å²) in [7, 11) is 0. The number of hydrogen-bond acceptors (Lipinski definition) is 2. The van der Waals surface area contributed by atoms with Crippen LogP contribution in [0.4, 0.5) is 0 Å². The van der Waals surface area contributed by atoms with Gasteiger partial charge in [-0.1, -0.05) is 54.1 Å². The number of hydrogen-bond donors (Lipinski definition) is 2. The summed E-state index contributed by atoms with van der Waals surface area (Å²) in [6.07, 6.45) is 4.11. The van der Waals surface area contributed by atoms with Crippen molar-refractivity contribution in [3.63, 3.8) is 0 Å². The molecule has 2 aromatic heterocycles. The van der Waals surface area contributed by atoms with Crippen LogP contribution in [0.3, 0.4) is 0 Å². The predicted molar refractivity (Wildman–Crippen MR) is 150 cm³/mol. The fourth-order valence-corrected chi connectivity index (χ4v) is 5.28. The molecule has 0 bridgehead atoms. The Hall–Kier alpha value is -4.12. The van der Waals surface area contributed by atoms with E-state index < -0.39 is 0 Å². The summed E-state index contributed by atoms with van der Waals surface area (Å²) in [5.41, 5.74) is 10.0. The first-order valence-electron chi connectivity index (χ1n) is 13.0. The largest absolute Gasteiger partial charge is 0.351 e. The lowest BCUT2D eigenvalue weighted by Crippen LogP contribution is -2.33. The van der Waals surface area contributed by atoms with Crippen LogP contribution in [0.25, 0.3) is 33.3 Å². The molecule has 186 valence electrons. The van der Waals surface area contributed by atoms with Crippen molar-refractivity contribution < 1.29 is 4.79 Å². The maximum absolute atomic E-state index is 12.8. The molecule has 2 N–H and O–H groups in total. The number of benzene rings is 3. The first kappa shape index (κ1) is 23.3. The zero-order valence-corrected chi connectivity index (χ0v) is 21.6. The van der Waals surface area contributed by atoms with Gasteiger partial charge in [0, 0.05) is 42.2 Å². The van der Waals surface area contributed by atoms with Crippen molar-refractivity contribution in [2.24, 2.45) is 5.92 Å². The lowest BCUT2D eigenvalue weighted by atomic mass is 9.99. The molecule has 1 aliphatic heterocycles. The Kier molecular flexibility index (Phi) is 5.91. The Morgan fingerprint density at radius 1 is 0.946 bits per heavy atom. The van der Waals surface area contributed by atoms with E-state index >= 15 is 0 Å². The highest BCUT2D eigenvalue weighted by Gasteiger charge is 2.22. The van der Waals surface area contributed by atoms with Crippen molar-refractivity contribution in [3.8, 4) is 22.4 Å². The van der Waals surface area contributed by atoms with E-state index in [-0.39, 0.29) is 5.91 Å².